The Morgan fingerprint density at radius 2 is 1.72 bits per heavy atom. The Kier molecular flexibility index (Phi) is 4.66. The van der Waals surface area contributed by atoms with Gasteiger partial charge in [-0.2, -0.15) is 0 Å². The van der Waals surface area contributed by atoms with Gasteiger partial charge in [0.1, 0.15) is 5.75 Å². The molecule has 3 nitrogen and oxygen atoms in total. The minimum absolute atomic E-state index is 0.594. The number of benzene rings is 2. The number of aromatic nitrogens is 1. The summed E-state index contributed by atoms with van der Waals surface area (Å²) >= 11 is 0. The van der Waals surface area contributed by atoms with Crippen molar-refractivity contribution >= 4 is 10.9 Å². The lowest BCUT2D eigenvalue weighted by Crippen LogP contribution is -2.32. The van der Waals surface area contributed by atoms with E-state index in [1.165, 1.54) is 23.8 Å². The predicted molar refractivity (Wildman–Crippen MR) is 102 cm³/mol. The van der Waals surface area contributed by atoms with Gasteiger partial charge in [0, 0.05) is 11.9 Å². The van der Waals surface area contributed by atoms with Crippen LogP contribution in [0.25, 0.3) is 10.9 Å². The molecule has 0 aliphatic carbocycles. The second-order valence-corrected chi connectivity index (χ2v) is 6.79. The third-order valence-corrected chi connectivity index (χ3v) is 5.21. The van der Waals surface area contributed by atoms with Gasteiger partial charge in [-0.1, -0.05) is 42.5 Å². The molecule has 1 aliphatic rings. The highest BCUT2D eigenvalue weighted by Gasteiger charge is 2.23. The fraction of sp³-hybridized carbons (Fsp3) is 0.318. The first-order chi connectivity index (χ1) is 12.3. The van der Waals surface area contributed by atoms with E-state index >= 15 is 0 Å². The second-order valence-electron chi connectivity index (χ2n) is 6.79. The van der Waals surface area contributed by atoms with Crippen LogP contribution in [0.15, 0.2) is 60.7 Å². The number of ether oxygens (including phenoxy) is 1. The van der Waals surface area contributed by atoms with E-state index < -0.39 is 0 Å². The maximum absolute atomic E-state index is 5.54. The van der Waals surface area contributed by atoms with Crippen LogP contribution in [0.2, 0.25) is 0 Å². The summed E-state index contributed by atoms with van der Waals surface area (Å²) in [7, 11) is 1.76. The SMILES string of the molecule is COc1ccccc1C1CCN(Cc2ccc3ccccc3n2)CC1. The molecule has 25 heavy (non-hydrogen) atoms. The average molecular weight is 332 g/mol. The van der Waals surface area contributed by atoms with E-state index in [0.717, 1.165) is 36.6 Å². The molecule has 4 rings (SSSR count). The van der Waals surface area contributed by atoms with Crippen LogP contribution >= 0.6 is 0 Å². The van der Waals surface area contributed by atoms with E-state index in [9.17, 15) is 0 Å². The molecule has 1 aliphatic heterocycles. The molecule has 0 spiro atoms. The van der Waals surface area contributed by atoms with Gasteiger partial charge in [0.15, 0.2) is 0 Å². The van der Waals surface area contributed by atoms with Gasteiger partial charge in [-0.15, -0.1) is 0 Å². The van der Waals surface area contributed by atoms with E-state index in [4.69, 9.17) is 9.72 Å². The molecule has 0 bridgehead atoms. The van der Waals surface area contributed by atoms with Crippen molar-refractivity contribution in [1.29, 1.82) is 0 Å². The van der Waals surface area contributed by atoms with E-state index in [1.54, 1.807) is 7.11 Å². The van der Waals surface area contributed by atoms with Crippen LogP contribution in [0, 0.1) is 0 Å². The highest BCUT2D eigenvalue weighted by molar-refractivity contribution is 5.78. The molecule has 2 heterocycles. The van der Waals surface area contributed by atoms with Gasteiger partial charge in [0.05, 0.1) is 18.3 Å². The van der Waals surface area contributed by atoms with Crippen molar-refractivity contribution in [1.82, 2.24) is 9.88 Å². The van der Waals surface area contributed by atoms with E-state index in [-0.39, 0.29) is 0 Å². The molecule has 2 aromatic carbocycles. The predicted octanol–water partition coefficient (Wildman–Crippen LogP) is 4.62. The molecule has 3 heteroatoms. The van der Waals surface area contributed by atoms with Crippen molar-refractivity contribution in [3.63, 3.8) is 0 Å². The van der Waals surface area contributed by atoms with Crippen molar-refractivity contribution in [2.45, 2.75) is 25.3 Å². The van der Waals surface area contributed by atoms with Gasteiger partial charge >= 0.3 is 0 Å². The van der Waals surface area contributed by atoms with Crippen LogP contribution in [0.5, 0.6) is 5.75 Å². The number of hydrogen-bond donors (Lipinski definition) is 0. The van der Waals surface area contributed by atoms with Crippen molar-refractivity contribution in [2.24, 2.45) is 0 Å². The monoisotopic (exact) mass is 332 g/mol. The van der Waals surface area contributed by atoms with Gasteiger partial charge in [-0.05, 0) is 55.6 Å². The third-order valence-electron chi connectivity index (χ3n) is 5.21. The molecule has 0 saturated carbocycles. The summed E-state index contributed by atoms with van der Waals surface area (Å²) in [4.78, 5) is 7.33. The molecule has 1 saturated heterocycles. The second kappa shape index (κ2) is 7.24. The molecular weight excluding hydrogens is 308 g/mol. The summed E-state index contributed by atoms with van der Waals surface area (Å²) in [6.07, 6.45) is 2.35. The summed E-state index contributed by atoms with van der Waals surface area (Å²) < 4.78 is 5.54. The molecule has 1 aromatic heterocycles. The maximum atomic E-state index is 5.54. The van der Waals surface area contributed by atoms with Crippen LogP contribution < -0.4 is 4.74 Å². The van der Waals surface area contributed by atoms with Gasteiger partial charge in [-0.25, -0.2) is 0 Å². The molecule has 0 N–H and O–H groups in total. The topological polar surface area (TPSA) is 25.4 Å². The maximum Gasteiger partial charge on any atom is 0.122 e. The Balaban J connectivity index is 1.41. The molecule has 0 atom stereocenters. The first-order valence-corrected chi connectivity index (χ1v) is 9.03. The number of para-hydroxylation sites is 2. The lowest BCUT2D eigenvalue weighted by Gasteiger charge is -2.32. The Labute approximate surface area is 149 Å². The van der Waals surface area contributed by atoms with Crippen molar-refractivity contribution in [3.05, 3.63) is 71.9 Å². The Morgan fingerprint density at radius 1 is 0.960 bits per heavy atom. The summed E-state index contributed by atoms with van der Waals surface area (Å²) in [5.41, 5.74) is 3.60. The Bertz CT molecular complexity index is 853. The van der Waals surface area contributed by atoms with Crippen molar-refractivity contribution < 1.29 is 4.74 Å². The summed E-state index contributed by atoms with van der Waals surface area (Å²) in [5.74, 6) is 1.62. The summed E-state index contributed by atoms with van der Waals surface area (Å²) in [6.45, 7) is 3.15. The number of likely N-dealkylation sites (tertiary alicyclic amines) is 1. The number of pyridine rings is 1. The molecule has 128 valence electrons. The number of rotatable bonds is 4. The fourth-order valence-electron chi connectivity index (χ4n) is 3.83. The number of nitrogens with zero attached hydrogens (tertiary/aromatic N) is 2. The third kappa shape index (κ3) is 3.52. The largest absolute Gasteiger partial charge is 0.496 e. The van der Waals surface area contributed by atoms with Crippen LogP contribution in [-0.4, -0.2) is 30.1 Å². The van der Waals surface area contributed by atoms with Gasteiger partial charge in [0.25, 0.3) is 0 Å². The number of methoxy groups -OCH3 is 1. The lowest BCUT2D eigenvalue weighted by molar-refractivity contribution is 0.201. The lowest BCUT2D eigenvalue weighted by atomic mass is 9.89. The van der Waals surface area contributed by atoms with Crippen LogP contribution in [-0.2, 0) is 6.54 Å². The molecular formula is C22H24N2O. The van der Waals surface area contributed by atoms with Crippen LogP contribution in [0.4, 0.5) is 0 Å². The number of hydrogen-bond acceptors (Lipinski definition) is 3. The highest BCUT2D eigenvalue weighted by Crippen LogP contribution is 2.34. The molecule has 0 amide bonds. The fourth-order valence-corrected chi connectivity index (χ4v) is 3.83. The first-order valence-electron chi connectivity index (χ1n) is 9.03. The molecule has 0 radical (unpaired) electrons. The minimum Gasteiger partial charge on any atom is -0.496 e. The van der Waals surface area contributed by atoms with E-state index in [0.29, 0.717) is 5.92 Å². The van der Waals surface area contributed by atoms with Crippen molar-refractivity contribution in [3.8, 4) is 5.75 Å². The zero-order valence-electron chi connectivity index (χ0n) is 14.7. The molecule has 1 fully saturated rings. The normalized spacial score (nSPS) is 16.2. The first kappa shape index (κ1) is 16.1. The number of fused-ring (bicyclic) bond motifs is 1. The molecule has 3 aromatic rings. The van der Waals surface area contributed by atoms with Gasteiger partial charge < -0.3 is 4.74 Å². The zero-order chi connectivity index (χ0) is 17.1. The highest BCUT2D eigenvalue weighted by atomic mass is 16.5. The van der Waals surface area contributed by atoms with Gasteiger partial charge in [-0.3, -0.25) is 9.88 Å². The smallest absolute Gasteiger partial charge is 0.122 e. The summed E-state index contributed by atoms with van der Waals surface area (Å²) in [5, 5.41) is 1.21. The minimum atomic E-state index is 0.594. The van der Waals surface area contributed by atoms with Crippen LogP contribution in [0.1, 0.15) is 30.0 Å². The Hall–Kier alpha value is -2.39. The van der Waals surface area contributed by atoms with E-state index in [2.05, 4.69) is 59.5 Å². The summed E-state index contributed by atoms with van der Waals surface area (Å²) in [6, 6.07) is 21.1. The average Bonchev–Trinajstić information content (AvgIpc) is 2.68. The zero-order valence-corrected chi connectivity index (χ0v) is 14.7. The van der Waals surface area contributed by atoms with E-state index in [1.807, 2.05) is 6.07 Å². The Morgan fingerprint density at radius 3 is 2.56 bits per heavy atom. The molecule has 0 unspecified atom stereocenters. The standard InChI is InChI=1S/C22H24N2O/c1-25-22-9-5-3-7-20(22)17-12-14-24(15-13-17)16-19-11-10-18-6-2-4-8-21(18)23-19/h2-11,17H,12-16H2,1H3. The quantitative estimate of drug-likeness (QED) is 0.697. The number of piperidine rings is 1. The van der Waals surface area contributed by atoms with Crippen LogP contribution in [0.3, 0.4) is 0 Å². The van der Waals surface area contributed by atoms with Gasteiger partial charge in [0.2, 0.25) is 0 Å². The van der Waals surface area contributed by atoms with Crippen molar-refractivity contribution in [2.75, 3.05) is 20.2 Å².